The predicted octanol–water partition coefficient (Wildman–Crippen LogP) is 6.30. The highest BCUT2D eigenvalue weighted by Gasteiger charge is 2.18. The van der Waals surface area contributed by atoms with Crippen molar-refractivity contribution in [1.29, 1.82) is 0 Å². The van der Waals surface area contributed by atoms with Crippen LogP contribution in [0.5, 0.6) is 5.75 Å². The van der Waals surface area contributed by atoms with Gasteiger partial charge >= 0.3 is 0 Å². The summed E-state index contributed by atoms with van der Waals surface area (Å²) in [4.78, 5) is 17.4. The molecule has 0 spiro atoms. The Labute approximate surface area is 207 Å². The van der Waals surface area contributed by atoms with E-state index < -0.39 is 0 Å². The molecule has 0 radical (unpaired) electrons. The lowest BCUT2D eigenvalue weighted by molar-refractivity contribution is -0.117. The van der Waals surface area contributed by atoms with Gasteiger partial charge in [0.15, 0.2) is 0 Å². The first-order valence-electron chi connectivity index (χ1n) is 12.0. The number of hydrogen-bond acceptors (Lipinski definition) is 3. The fraction of sp³-hybridized carbons (Fsp3) is 0.267. The topological polar surface area (TPSA) is 56.2 Å². The van der Waals surface area contributed by atoms with Crippen molar-refractivity contribution in [2.45, 2.75) is 45.7 Å². The Morgan fingerprint density at radius 1 is 1.00 bits per heavy atom. The summed E-state index contributed by atoms with van der Waals surface area (Å²) in [6.45, 7) is 9.68. The molecule has 5 heteroatoms. The maximum absolute atomic E-state index is 12.6. The van der Waals surface area contributed by atoms with Crippen molar-refractivity contribution in [3.05, 3.63) is 102 Å². The van der Waals surface area contributed by atoms with Crippen LogP contribution in [0.25, 0.3) is 17.1 Å². The van der Waals surface area contributed by atoms with Crippen LogP contribution < -0.4 is 10.1 Å². The summed E-state index contributed by atoms with van der Waals surface area (Å²) in [6.07, 6.45) is 3.37. The smallest absolute Gasteiger partial charge is 0.244 e. The number of fused-ring (bicyclic) bond motifs is 1. The third kappa shape index (κ3) is 6.18. The number of nitrogens with one attached hydrogen (secondary N) is 1. The zero-order valence-corrected chi connectivity index (χ0v) is 20.9. The highest BCUT2D eigenvalue weighted by atomic mass is 16.5. The number of rotatable bonds is 8. The zero-order chi connectivity index (χ0) is 24.8. The Morgan fingerprint density at radius 2 is 1.69 bits per heavy atom. The van der Waals surface area contributed by atoms with E-state index in [4.69, 9.17) is 9.72 Å². The Hall–Kier alpha value is -3.86. The van der Waals surface area contributed by atoms with Crippen LogP contribution in [0.15, 0.2) is 84.9 Å². The summed E-state index contributed by atoms with van der Waals surface area (Å²) in [6, 6.07) is 25.8. The van der Waals surface area contributed by atoms with Gasteiger partial charge in [-0.2, -0.15) is 0 Å². The minimum atomic E-state index is -0.263. The van der Waals surface area contributed by atoms with E-state index in [0.717, 1.165) is 28.2 Å². The molecular formula is C30H33N3O2. The number of aromatic nitrogens is 2. The molecule has 180 valence electrons. The summed E-state index contributed by atoms with van der Waals surface area (Å²) in [5, 5.41) is 3.05. The van der Waals surface area contributed by atoms with Crippen LogP contribution >= 0.6 is 0 Å². The molecule has 1 heterocycles. The highest BCUT2D eigenvalue weighted by Crippen LogP contribution is 2.25. The van der Waals surface area contributed by atoms with Gasteiger partial charge in [-0.25, -0.2) is 4.98 Å². The number of amides is 1. The van der Waals surface area contributed by atoms with Gasteiger partial charge < -0.3 is 14.6 Å². The van der Waals surface area contributed by atoms with Gasteiger partial charge in [-0.05, 0) is 53.8 Å². The largest absolute Gasteiger partial charge is 0.492 e. The molecule has 0 aliphatic rings. The summed E-state index contributed by atoms with van der Waals surface area (Å²) in [5.41, 5.74) is 4.29. The first-order chi connectivity index (χ1) is 16.8. The molecule has 0 aliphatic heterocycles. The van der Waals surface area contributed by atoms with Crippen LogP contribution in [0.1, 0.15) is 50.7 Å². The Morgan fingerprint density at radius 3 is 2.40 bits per heavy atom. The minimum absolute atomic E-state index is 0.111. The molecule has 0 saturated heterocycles. The van der Waals surface area contributed by atoms with E-state index in [0.29, 0.717) is 13.2 Å². The lowest BCUT2D eigenvalue weighted by atomic mass is 9.87. The van der Waals surface area contributed by atoms with Crippen molar-refractivity contribution in [2.75, 3.05) is 6.61 Å². The molecule has 1 amide bonds. The van der Waals surface area contributed by atoms with Crippen molar-refractivity contribution in [1.82, 2.24) is 14.9 Å². The molecule has 1 atom stereocenters. The molecule has 3 aromatic carbocycles. The summed E-state index contributed by atoms with van der Waals surface area (Å²) >= 11 is 0. The predicted molar refractivity (Wildman–Crippen MR) is 142 cm³/mol. The Balaban J connectivity index is 1.45. The molecule has 4 aromatic rings. The van der Waals surface area contributed by atoms with Gasteiger partial charge in [0.05, 0.1) is 23.6 Å². The van der Waals surface area contributed by atoms with Gasteiger partial charge in [0.2, 0.25) is 5.91 Å². The number of nitrogens with zero attached hydrogens (tertiary/aromatic N) is 2. The molecule has 1 unspecified atom stereocenters. The van der Waals surface area contributed by atoms with Crippen molar-refractivity contribution in [2.24, 2.45) is 0 Å². The van der Waals surface area contributed by atoms with E-state index in [1.165, 1.54) is 5.56 Å². The van der Waals surface area contributed by atoms with Gasteiger partial charge in [-0.1, -0.05) is 75.4 Å². The average Bonchev–Trinajstić information content (AvgIpc) is 3.22. The average molecular weight is 468 g/mol. The molecule has 4 rings (SSSR count). The van der Waals surface area contributed by atoms with Gasteiger partial charge in [0, 0.05) is 6.08 Å². The number of benzene rings is 3. The SMILES string of the molecule is CC(NC(=O)/C=C\c1ccccc1)c1nc2ccccc2n1CCOc1ccc(C(C)(C)C)cc1. The van der Waals surface area contributed by atoms with Gasteiger partial charge in [-0.3, -0.25) is 4.79 Å². The van der Waals surface area contributed by atoms with Crippen LogP contribution in [0.3, 0.4) is 0 Å². The van der Waals surface area contributed by atoms with Gasteiger partial charge in [-0.15, -0.1) is 0 Å². The second kappa shape index (κ2) is 10.6. The number of imidazole rings is 1. The number of ether oxygens (including phenoxy) is 1. The minimum Gasteiger partial charge on any atom is -0.492 e. The van der Waals surface area contributed by atoms with E-state index in [1.807, 2.05) is 79.7 Å². The Kier molecular flexibility index (Phi) is 7.35. The van der Waals surface area contributed by atoms with Gasteiger partial charge in [0.1, 0.15) is 18.2 Å². The van der Waals surface area contributed by atoms with Crippen molar-refractivity contribution in [3.63, 3.8) is 0 Å². The molecule has 1 N–H and O–H groups in total. The molecule has 1 aromatic heterocycles. The van der Waals surface area contributed by atoms with E-state index in [2.05, 4.69) is 42.8 Å². The van der Waals surface area contributed by atoms with Crippen molar-refractivity contribution < 1.29 is 9.53 Å². The second-order valence-corrected chi connectivity index (χ2v) is 9.71. The van der Waals surface area contributed by atoms with Crippen molar-refractivity contribution in [3.8, 4) is 5.75 Å². The first-order valence-corrected chi connectivity index (χ1v) is 12.0. The highest BCUT2D eigenvalue weighted by molar-refractivity contribution is 5.92. The first kappa shape index (κ1) is 24.3. The zero-order valence-electron chi connectivity index (χ0n) is 20.9. The van der Waals surface area contributed by atoms with Crippen LogP contribution in [-0.4, -0.2) is 22.1 Å². The summed E-state index contributed by atoms with van der Waals surface area (Å²) in [5.74, 6) is 1.49. The molecule has 0 aliphatic carbocycles. The monoisotopic (exact) mass is 467 g/mol. The van der Waals surface area contributed by atoms with Crippen molar-refractivity contribution >= 4 is 23.0 Å². The molecular weight excluding hydrogens is 434 g/mol. The normalized spacial score (nSPS) is 12.7. The lowest BCUT2D eigenvalue weighted by Crippen LogP contribution is -2.27. The van der Waals surface area contributed by atoms with Gasteiger partial charge in [0.25, 0.3) is 0 Å². The summed E-state index contributed by atoms with van der Waals surface area (Å²) in [7, 11) is 0. The second-order valence-electron chi connectivity index (χ2n) is 9.71. The third-order valence-corrected chi connectivity index (χ3v) is 5.96. The van der Waals surface area contributed by atoms with E-state index in [9.17, 15) is 4.79 Å². The van der Waals surface area contributed by atoms with Crippen LogP contribution in [0.4, 0.5) is 0 Å². The van der Waals surface area contributed by atoms with E-state index >= 15 is 0 Å². The lowest BCUT2D eigenvalue weighted by Gasteiger charge is -2.19. The molecule has 0 bridgehead atoms. The van der Waals surface area contributed by atoms with E-state index in [-0.39, 0.29) is 17.4 Å². The molecule has 35 heavy (non-hydrogen) atoms. The number of carbonyl (C=O) groups excluding carboxylic acids is 1. The Bertz CT molecular complexity index is 1300. The number of carbonyl (C=O) groups is 1. The fourth-order valence-electron chi connectivity index (χ4n) is 4.03. The standard InChI is InChI=1S/C30H33N3O2/c1-22(31-28(34)19-14-23-10-6-5-7-11-23)29-32-26-12-8-9-13-27(26)33(29)20-21-35-25-17-15-24(16-18-25)30(2,3)4/h5-19,22H,20-21H2,1-4H3,(H,31,34)/b19-14-. The molecule has 5 nitrogen and oxygen atoms in total. The van der Waals surface area contributed by atoms with E-state index in [1.54, 1.807) is 6.08 Å². The molecule has 0 saturated carbocycles. The third-order valence-electron chi connectivity index (χ3n) is 5.96. The maximum Gasteiger partial charge on any atom is 0.244 e. The maximum atomic E-state index is 12.6. The molecule has 0 fully saturated rings. The quantitative estimate of drug-likeness (QED) is 0.309. The fourth-order valence-corrected chi connectivity index (χ4v) is 4.03. The number of para-hydroxylation sites is 2. The van der Waals surface area contributed by atoms with Crippen LogP contribution in [-0.2, 0) is 16.8 Å². The van der Waals surface area contributed by atoms with Crippen LogP contribution in [0.2, 0.25) is 0 Å². The van der Waals surface area contributed by atoms with Crippen LogP contribution in [0, 0.1) is 0 Å². The summed E-state index contributed by atoms with van der Waals surface area (Å²) < 4.78 is 8.18. The number of hydrogen-bond donors (Lipinski definition) is 1.